The number of nitrogens with zero attached hydrogens (tertiary/aromatic N) is 1. The Morgan fingerprint density at radius 3 is 2.37 bits per heavy atom. The van der Waals surface area contributed by atoms with Gasteiger partial charge in [-0.05, 0) is 32.0 Å². The van der Waals surface area contributed by atoms with Crippen molar-refractivity contribution >= 4 is 17.3 Å². The summed E-state index contributed by atoms with van der Waals surface area (Å²) in [7, 11) is 0. The van der Waals surface area contributed by atoms with Gasteiger partial charge in [0.25, 0.3) is 5.91 Å². The van der Waals surface area contributed by atoms with Gasteiger partial charge in [-0.1, -0.05) is 0 Å². The van der Waals surface area contributed by atoms with Crippen molar-refractivity contribution in [1.29, 1.82) is 0 Å². The first-order chi connectivity index (χ1) is 8.61. The predicted molar refractivity (Wildman–Crippen MR) is 67.9 cm³/mol. The van der Waals surface area contributed by atoms with Gasteiger partial charge in [0.05, 0.1) is 5.56 Å². The Morgan fingerprint density at radius 2 is 1.95 bits per heavy atom. The Hall–Kier alpha value is -1.92. The summed E-state index contributed by atoms with van der Waals surface area (Å²) in [5.41, 5.74) is 11.1. The third-order valence-electron chi connectivity index (χ3n) is 2.61. The van der Waals surface area contributed by atoms with E-state index in [9.17, 15) is 18.0 Å². The van der Waals surface area contributed by atoms with Crippen LogP contribution in [0.4, 0.5) is 24.5 Å². The molecule has 0 radical (unpaired) electrons. The molecule has 0 aliphatic heterocycles. The molecule has 0 aliphatic rings. The van der Waals surface area contributed by atoms with Crippen molar-refractivity contribution in [2.75, 3.05) is 17.2 Å². The average Bonchev–Trinajstić information content (AvgIpc) is 2.25. The first kappa shape index (κ1) is 15.1. The summed E-state index contributed by atoms with van der Waals surface area (Å²) < 4.78 is 37.6. The lowest BCUT2D eigenvalue weighted by atomic mass is 10.1. The van der Waals surface area contributed by atoms with Gasteiger partial charge in [-0.3, -0.25) is 4.79 Å². The number of hydrogen-bond acceptors (Lipinski definition) is 3. The molecular formula is C12H16F3N3O. The summed E-state index contributed by atoms with van der Waals surface area (Å²) >= 11 is 0. The van der Waals surface area contributed by atoms with Crippen LogP contribution in [0.5, 0.6) is 0 Å². The van der Waals surface area contributed by atoms with E-state index < -0.39 is 18.6 Å². The number of carbonyl (C=O) groups is 1. The maximum atomic E-state index is 12.5. The summed E-state index contributed by atoms with van der Waals surface area (Å²) in [5.74, 6) is -0.768. The molecule has 0 aromatic heterocycles. The Kier molecular flexibility index (Phi) is 4.28. The molecule has 7 heteroatoms. The van der Waals surface area contributed by atoms with E-state index in [1.165, 1.54) is 18.2 Å². The first-order valence-corrected chi connectivity index (χ1v) is 5.64. The summed E-state index contributed by atoms with van der Waals surface area (Å²) in [6.45, 7) is 2.16. The van der Waals surface area contributed by atoms with E-state index in [0.717, 1.165) is 4.90 Å². The van der Waals surface area contributed by atoms with E-state index in [1.54, 1.807) is 13.8 Å². The molecule has 1 amide bonds. The number of nitrogens with two attached hydrogens (primary N) is 2. The number of nitrogen functional groups attached to an aromatic ring is 1. The maximum Gasteiger partial charge on any atom is 0.405 e. The van der Waals surface area contributed by atoms with E-state index in [2.05, 4.69) is 0 Å². The van der Waals surface area contributed by atoms with Crippen LogP contribution in [0.15, 0.2) is 18.2 Å². The normalized spacial score (nSPS) is 11.7. The second-order valence-corrected chi connectivity index (χ2v) is 4.47. The summed E-state index contributed by atoms with van der Waals surface area (Å²) in [6, 6.07) is 3.71. The van der Waals surface area contributed by atoms with E-state index in [0.29, 0.717) is 0 Å². The average molecular weight is 275 g/mol. The van der Waals surface area contributed by atoms with Gasteiger partial charge in [-0.2, -0.15) is 13.2 Å². The molecule has 1 aromatic rings. The van der Waals surface area contributed by atoms with E-state index in [-0.39, 0.29) is 23.0 Å². The molecule has 0 saturated carbocycles. The Morgan fingerprint density at radius 1 is 1.37 bits per heavy atom. The van der Waals surface area contributed by atoms with Gasteiger partial charge in [0.15, 0.2) is 0 Å². The van der Waals surface area contributed by atoms with Crippen molar-refractivity contribution in [3.05, 3.63) is 23.8 Å². The number of halogens is 3. The Bertz CT molecular complexity index is 472. The molecule has 1 aromatic carbocycles. The molecule has 0 fully saturated rings. The van der Waals surface area contributed by atoms with E-state index in [4.69, 9.17) is 11.5 Å². The highest BCUT2D eigenvalue weighted by molar-refractivity contribution is 5.99. The van der Waals surface area contributed by atoms with Crippen LogP contribution in [0.1, 0.15) is 24.2 Å². The fourth-order valence-electron chi connectivity index (χ4n) is 1.70. The van der Waals surface area contributed by atoms with Crippen molar-refractivity contribution in [2.24, 2.45) is 5.73 Å². The second kappa shape index (κ2) is 5.38. The largest absolute Gasteiger partial charge is 0.405 e. The lowest BCUT2D eigenvalue weighted by molar-refractivity contribution is -0.120. The molecule has 0 heterocycles. The fraction of sp³-hybridized carbons (Fsp3) is 0.417. The second-order valence-electron chi connectivity index (χ2n) is 4.47. The molecule has 0 bridgehead atoms. The number of anilines is 2. The summed E-state index contributed by atoms with van der Waals surface area (Å²) in [5, 5.41) is 0. The maximum absolute atomic E-state index is 12.5. The summed E-state index contributed by atoms with van der Waals surface area (Å²) in [4.78, 5) is 12.3. The highest BCUT2D eigenvalue weighted by Gasteiger charge is 2.32. The summed E-state index contributed by atoms with van der Waals surface area (Å²) in [6.07, 6.45) is -4.33. The minimum absolute atomic E-state index is 0.0188. The van der Waals surface area contributed by atoms with Crippen molar-refractivity contribution in [2.45, 2.75) is 26.1 Å². The molecule has 4 N–H and O–H groups in total. The Labute approximate surface area is 109 Å². The molecule has 0 aliphatic carbocycles. The highest BCUT2D eigenvalue weighted by atomic mass is 19.4. The van der Waals surface area contributed by atoms with Gasteiger partial charge >= 0.3 is 6.18 Å². The lowest BCUT2D eigenvalue weighted by Crippen LogP contribution is -2.39. The number of primary amides is 1. The number of amides is 1. The molecule has 1 rings (SSSR count). The molecule has 0 atom stereocenters. The first-order valence-electron chi connectivity index (χ1n) is 5.64. The van der Waals surface area contributed by atoms with Crippen LogP contribution in [-0.4, -0.2) is 24.7 Å². The molecule has 0 saturated heterocycles. The van der Waals surface area contributed by atoms with Crippen LogP contribution in [0.2, 0.25) is 0 Å². The third-order valence-corrected chi connectivity index (χ3v) is 2.61. The number of alkyl halides is 3. The van der Waals surface area contributed by atoms with Gasteiger partial charge in [-0.25, -0.2) is 0 Å². The van der Waals surface area contributed by atoms with Crippen LogP contribution in [0.25, 0.3) is 0 Å². The molecule has 4 nitrogen and oxygen atoms in total. The van der Waals surface area contributed by atoms with Crippen LogP contribution in [-0.2, 0) is 0 Å². The smallest absolute Gasteiger partial charge is 0.398 e. The SMILES string of the molecule is CC(C)N(CC(F)(F)F)c1ccc(N)c(C(N)=O)c1. The monoisotopic (exact) mass is 275 g/mol. The van der Waals surface area contributed by atoms with Crippen LogP contribution in [0, 0.1) is 0 Å². The number of rotatable bonds is 4. The van der Waals surface area contributed by atoms with Crippen LogP contribution in [0.3, 0.4) is 0 Å². The van der Waals surface area contributed by atoms with Crippen molar-refractivity contribution in [3.8, 4) is 0 Å². The fourth-order valence-corrected chi connectivity index (χ4v) is 1.70. The van der Waals surface area contributed by atoms with Gasteiger partial charge < -0.3 is 16.4 Å². The predicted octanol–water partition coefficient (Wildman–Crippen LogP) is 2.14. The number of benzene rings is 1. The zero-order valence-corrected chi connectivity index (χ0v) is 10.7. The standard InChI is InChI=1S/C12H16F3N3O/c1-7(2)18(6-12(13,14)15)8-3-4-10(16)9(5-8)11(17)19/h3-5,7H,6,16H2,1-2H3,(H2,17,19). The minimum Gasteiger partial charge on any atom is -0.398 e. The minimum atomic E-state index is -4.33. The quantitative estimate of drug-likeness (QED) is 0.827. The van der Waals surface area contributed by atoms with Gasteiger partial charge in [0.1, 0.15) is 6.54 Å². The zero-order chi connectivity index (χ0) is 14.8. The van der Waals surface area contributed by atoms with Gasteiger partial charge in [0.2, 0.25) is 0 Å². The van der Waals surface area contributed by atoms with E-state index in [1.807, 2.05) is 0 Å². The van der Waals surface area contributed by atoms with Crippen LogP contribution < -0.4 is 16.4 Å². The molecule has 19 heavy (non-hydrogen) atoms. The molecule has 106 valence electrons. The van der Waals surface area contributed by atoms with Gasteiger partial charge in [0, 0.05) is 17.4 Å². The number of hydrogen-bond donors (Lipinski definition) is 2. The van der Waals surface area contributed by atoms with Crippen molar-refractivity contribution in [3.63, 3.8) is 0 Å². The van der Waals surface area contributed by atoms with Gasteiger partial charge in [-0.15, -0.1) is 0 Å². The van der Waals surface area contributed by atoms with Crippen molar-refractivity contribution in [1.82, 2.24) is 0 Å². The Balaban J connectivity index is 3.17. The third kappa shape index (κ3) is 4.04. The zero-order valence-electron chi connectivity index (χ0n) is 10.7. The molecular weight excluding hydrogens is 259 g/mol. The van der Waals surface area contributed by atoms with Crippen LogP contribution >= 0.6 is 0 Å². The molecule has 0 spiro atoms. The highest BCUT2D eigenvalue weighted by Crippen LogP contribution is 2.26. The molecule has 0 unspecified atom stereocenters. The lowest BCUT2D eigenvalue weighted by Gasteiger charge is -2.30. The van der Waals surface area contributed by atoms with Crippen molar-refractivity contribution < 1.29 is 18.0 Å². The number of carbonyl (C=O) groups excluding carboxylic acids is 1. The van der Waals surface area contributed by atoms with E-state index >= 15 is 0 Å². The topological polar surface area (TPSA) is 72.3 Å².